The van der Waals surface area contributed by atoms with Crippen molar-refractivity contribution in [2.75, 3.05) is 0 Å². The van der Waals surface area contributed by atoms with Crippen molar-refractivity contribution in [1.29, 1.82) is 0 Å². The first-order chi connectivity index (χ1) is 8.42. The first kappa shape index (κ1) is 13.5. The summed E-state index contributed by atoms with van der Waals surface area (Å²) in [6.07, 6.45) is 3.21. The molecule has 1 aliphatic rings. The fraction of sp³-hybridized carbons (Fsp3) is 0.429. The minimum atomic E-state index is -4.27. The standard InChI is InChI=1S/C14H18O3Se/c1-14(15)10-6-5-7-12(14)11-18(16,17)13-8-3-2-4-9-13/h2-4,8-9,11,15H,5-7,10H2,1H3. The van der Waals surface area contributed by atoms with E-state index in [4.69, 9.17) is 0 Å². The van der Waals surface area contributed by atoms with E-state index in [2.05, 4.69) is 0 Å². The third-order valence-electron chi connectivity index (χ3n) is 3.42. The van der Waals surface area contributed by atoms with Gasteiger partial charge in [-0.05, 0) is 0 Å². The van der Waals surface area contributed by atoms with Crippen molar-refractivity contribution in [3.05, 3.63) is 40.9 Å². The fourth-order valence-corrected chi connectivity index (χ4v) is 5.24. The number of rotatable bonds is 2. The molecule has 1 aliphatic carbocycles. The van der Waals surface area contributed by atoms with Gasteiger partial charge in [-0.1, -0.05) is 0 Å². The molecule has 1 N–H and O–H groups in total. The van der Waals surface area contributed by atoms with Crippen molar-refractivity contribution < 1.29 is 12.8 Å². The van der Waals surface area contributed by atoms with Crippen LogP contribution in [-0.4, -0.2) is 23.4 Å². The second kappa shape index (κ2) is 4.96. The number of benzene rings is 1. The zero-order valence-corrected chi connectivity index (χ0v) is 12.2. The van der Waals surface area contributed by atoms with Gasteiger partial charge in [-0.25, -0.2) is 0 Å². The maximum absolute atomic E-state index is 12.3. The Labute approximate surface area is 109 Å². The Morgan fingerprint density at radius 3 is 2.50 bits per heavy atom. The number of aliphatic hydroxyl groups is 1. The zero-order valence-electron chi connectivity index (χ0n) is 10.5. The number of hydrogen-bond acceptors (Lipinski definition) is 3. The molecular weight excluding hydrogens is 295 g/mol. The predicted octanol–water partition coefficient (Wildman–Crippen LogP) is 1.99. The summed E-state index contributed by atoms with van der Waals surface area (Å²) in [7, 11) is 0. The van der Waals surface area contributed by atoms with Gasteiger partial charge in [-0.3, -0.25) is 0 Å². The normalized spacial score (nSPS) is 27.3. The van der Waals surface area contributed by atoms with E-state index in [9.17, 15) is 12.8 Å². The second-order valence-electron chi connectivity index (χ2n) is 4.98. The van der Waals surface area contributed by atoms with Crippen LogP contribution in [0.4, 0.5) is 0 Å². The minimum absolute atomic E-state index is 0.350. The molecule has 1 aromatic carbocycles. The van der Waals surface area contributed by atoms with Crippen LogP contribution in [-0.2, 0) is 7.67 Å². The van der Waals surface area contributed by atoms with Crippen LogP contribution < -0.4 is 4.46 Å². The molecule has 1 saturated carbocycles. The first-order valence-electron chi connectivity index (χ1n) is 6.15. The van der Waals surface area contributed by atoms with E-state index in [0.717, 1.165) is 12.8 Å². The van der Waals surface area contributed by atoms with Gasteiger partial charge in [0.2, 0.25) is 0 Å². The summed E-state index contributed by atoms with van der Waals surface area (Å²) in [5.41, 5.74) is -0.313. The molecular formula is C14H18O3Se. The van der Waals surface area contributed by atoms with E-state index < -0.39 is 18.3 Å². The summed E-state index contributed by atoms with van der Waals surface area (Å²) < 4.78 is 24.9. The van der Waals surface area contributed by atoms with Gasteiger partial charge in [0, 0.05) is 0 Å². The van der Waals surface area contributed by atoms with Crippen LogP contribution in [0.5, 0.6) is 0 Å². The van der Waals surface area contributed by atoms with Gasteiger partial charge in [0.15, 0.2) is 0 Å². The molecule has 0 aromatic heterocycles. The van der Waals surface area contributed by atoms with Crippen molar-refractivity contribution in [3.8, 4) is 0 Å². The molecule has 0 amide bonds. The topological polar surface area (TPSA) is 54.4 Å². The van der Waals surface area contributed by atoms with E-state index in [1.807, 2.05) is 0 Å². The van der Waals surface area contributed by atoms with E-state index in [1.165, 1.54) is 4.97 Å². The van der Waals surface area contributed by atoms with Crippen LogP contribution in [0.25, 0.3) is 0 Å². The van der Waals surface area contributed by atoms with Gasteiger partial charge in [0.05, 0.1) is 0 Å². The van der Waals surface area contributed by atoms with Crippen LogP contribution in [0, 0.1) is 0 Å². The fourth-order valence-electron chi connectivity index (χ4n) is 2.27. The van der Waals surface area contributed by atoms with E-state index in [-0.39, 0.29) is 0 Å². The molecule has 4 heteroatoms. The average Bonchev–Trinajstić information content (AvgIpc) is 2.33. The van der Waals surface area contributed by atoms with Gasteiger partial charge < -0.3 is 0 Å². The average molecular weight is 313 g/mol. The molecule has 1 atom stereocenters. The molecule has 3 nitrogen and oxygen atoms in total. The summed E-state index contributed by atoms with van der Waals surface area (Å²) in [4.78, 5) is 1.32. The van der Waals surface area contributed by atoms with E-state index >= 15 is 0 Å². The molecule has 0 bridgehead atoms. The van der Waals surface area contributed by atoms with Gasteiger partial charge in [0.1, 0.15) is 0 Å². The molecule has 0 saturated heterocycles. The Hall–Kier alpha value is -0.961. The molecule has 2 rings (SSSR count). The van der Waals surface area contributed by atoms with Crippen LogP contribution in [0.15, 0.2) is 40.9 Å². The monoisotopic (exact) mass is 314 g/mol. The summed E-state index contributed by atoms with van der Waals surface area (Å²) in [6.45, 7) is 1.70. The molecule has 0 radical (unpaired) electrons. The van der Waals surface area contributed by atoms with Crippen LogP contribution in [0.2, 0.25) is 0 Å². The van der Waals surface area contributed by atoms with Crippen LogP contribution >= 0.6 is 0 Å². The van der Waals surface area contributed by atoms with Gasteiger partial charge in [-0.2, -0.15) is 0 Å². The zero-order chi connectivity index (χ0) is 13.2. The Kier molecular flexibility index (Phi) is 3.71. The summed E-state index contributed by atoms with van der Waals surface area (Å²) in [6, 6.07) is 8.44. The Bertz CT molecular complexity index is 542. The summed E-state index contributed by atoms with van der Waals surface area (Å²) >= 11 is -4.27. The predicted molar refractivity (Wildman–Crippen MR) is 70.4 cm³/mol. The number of hydrogen-bond donors (Lipinski definition) is 1. The quantitative estimate of drug-likeness (QED) is 0.850. The Morgan fingerprint density at radius 2 is 1.89 bits per heavy atom. The van der Waals surface area contributed by atoms with Crippen LogP contribution in [0.1, 0.15) is 32.6 Å². The first-order valence-corrected chi connectivity index (χ1v) is 9.40. The van der Waals surface area contributed by atoms with Gasteiger partial charge in [-0.15, -0.1) is 0 Å². The molecule has 0 spiro atoms. The molecule has 1 fully saturated rings. The Balaban J connectivity index is 2.38. The van der Waals surface area contributed by atoms with Gasteiger partial charge >= 0.3 is 109 Å². The van der Waals surface area contributed by atoms with E-state index in [0.29, 0.717) is 22.9 Å². The molecule has 0 aliphatic heterocycles. The van der Waals surface area contributed by atoms with Crippen molar-refractivity contribution in [2.45, 2.75) is 38.2 Å². The third-order valence-corrected chi connectivity index (χ3v) is 6.62. The molecule has 1 aromatic rings. The van der Waals surface area contributed by atoms with Gasteiger partial charge in [0.25, 0.3) is 0 Å². The van der Waals surface area contributed by atoms with Crippen molar-refractivity contribution in [3.63, 3.8) is 0 Å². The summed E-state index contributed by atoms with van der Waals surface area (Å²) in [5, 5.41) is 10.2. The third kappa shape index (κ3) is 2.89. The van der Waals surface area contributed by atoms with Crippen LogP contribution in [0.3, 0.4) is 0 Å². The molecule has 0 heterocycles. The maximum atomic E-state index is 12.3. The summed E-state index contributed by atoms with van der Waals surface area (Å²) in [5.74, 6) is 0. The molecule has 18 heavy (non-hydrogen) atoms. The van der Waals surface area contributed by atoms with Crippen molar-refractivity contribution in [2.24, 2.45) is 0 Å². The molecule has 1 unspecified atom stereocenters. The Morgan fingerprint density at radius 1 is 1.22 bits per heavy atom. The van der Waals surface area contributed by atoms with Crippen molar-refractivity contribution >= 4 is 17.2 Å². The van der Waals surface area contributed by atoms with Crippen molar-refractivity contribution in [1.82, 2.24) is 0 Å². The SMILES string of the molecule is CC1(O)CCCCC1=C[Se](=O)(=O)c1ccccc1. The second-order valence-corrected chi connectivity index (χ2v) is 8.75. The molecule has 98 valence electrons. The van der Waals surface area contributed by atoms with E-state index in [1.54, 1.807) is 37.3 Å².